The highest BCUT2D eigenvalue weighted by atomic mass is 19.3. The van der Waals surface area contributed by atoms with Crippen LogP contribution < -0.4 is 0 Å². The molecular weight excluding hydrogens is 212 g/mol. The highest BCUT2D eigenvalue weighted by Crippen LogP contribution is 2.26. The van der Waals surface area contributed by atoms with Crippen LogP contribution in [-0.4, -0.2) is 16.0 Å². The Morgan fingerprint density at radius 3 is 2.47 bits per heavy atom. The molecule has 0 aliphatic rings. The van der Waals surface area contributed by atoms with Gasteiger partial charge in [-0.25, -0.2) is 13.6 Å². The number of benzene rings is 1. The molecule has 1 aromatic carbocycles. The Kier molecular flexibility index (Phi) is 2.93. The van der Waals surface area contributed by atoms with Crippen molar-refractivity contribution in [2.75, 3.05) is 0 Å². The molecule has 1 rings (SSSR count). The topological polar surface area (TPSA) is 80.4 Å². The van der Waals surface area contributed by atoms with Gasteiger partial charge in [0.1, 0.15) is 5.56 Å². The molecule has 0 saturated heterocycles. The summed E-state index contributed by atoms with van der Waals surface area (Å²) in [6.07, 6.45) is -2.87. The fourth-order valence-corrected chi connectivity index (χ4v) is 1.02. The van der Waals surface area contributed by atoms with Crippen LogP contribution >= 0.6 is 0 Å². The van der Waals surface area contributed by atoms with Crippen molar-refractivity contribution in [3.8, 4) is 0 Å². The maximum Gasteiger partial charge on any atom is 0.342 e. The second-order valence-corrected chi connectivity index (χ2v) is 2.64. The standard InChI is InChI=1S/C8H5F2NO4/c9-7(10)4-1-2-5(8(12)13)6(3-4)11(14)15/h1-3,7H,(H,12,13). The Bertz CT molecular complexity index is 419. The summed E-state index contributed by atoms with van der Waals surface area (Å²) in [6.45, 7) is 0. The van der Waals surface area contributed by atoms with E-state index in [0.717, 1.165) is 12.1 Å². The van der Waals surface area contributed by atoms with Gasteiger partial charge >= 0.3 is 5.97 Å². The van der Waals surface area contributed by atoms with E-state index in [4.69, 9.17) is 5.11 Å². The Hall–Kier alpha value is -2.05. The highest BCUT2D eigenvalue weighted by Gasteiger charge is 2.22. The highest BCUT2D eigenvalue weighted by molar-refractivity contribution is 5.92. The second kappa shape index (κ2) is 3.99. The lowest BCUT2D eigenvalue weighted by Crippen LogP contribution is -2.03. The fraction of sp³-hybridized carbons (Fsp3) is 0.125. The lowest BCUT2D eigenvalue weighted by molar-refractivity contribution is -0.385. The van der Waals surface area contributed by atoms with Crippen molar-refractivity contribution in [3.05, 3.63) is 39.4 Å². The number of nitro groups is 1. The van der Waals surface area contributed by atoms with Crippen LogP contribution in [0.5, 0.6) is 0 Å². The van der Waals surface area contributed by atoms with Crippen molar-refractivity contribution in [3.63, 3.8) is 0 Å². The Labute approximate surface area is 82.1 Å². The number of aromatic carboxylic acids is 1. The number of carboxylic acids is 1. The van der Waals surface area contributed by atoms with E-state index < -0.39 is 34.1 Å². The molecule has 0 bridgehead atoms. The summed E-state index contributed by atoms with van der Waals surface area (Å²) in [5.41, 5.74) is -2.02. The summed E-state index contributed by atoms with van der Waals surface area (Å²) in [4.78, 5) is 19.9. The first kappa shape index (κ1) is 11.0. The average Bonchev–Trinajstić information content (AvgIpc) is 2.16. The van der Waals surface area contributed by atoms with Crippen molar-refractivity contribution in [2.24, 2.45) is 0 Å². The molecule has 0 saturated carbocycles. The molecule has 0 spiro atoms. The van der Waals surface area contributed by atoms with Crippen molar-refractivity contribution < 1.29 is 23.6 Å². The van der Waals surface area contributed by atoms with Crippen LogP contribution in [0.15, 0.2) is 18.2 Å². The zero-order valence-corrected chi connectivity index (χ0v) is 7.18. The van der Waals surface area contributed by atoms with Crippen LogP contribution in [0.3, 0.4) is 0 Å². The molecule has 0 atom stereocenters. The van der Waals surface area contributed by atoms with Crippen molar-refractivity contribution in [1.29, 1.82) is 0 Å². The average molecular weight is 217 g/mol. The maximum atomic E-state index is 12.2. The first-order valence-electron chi connectivity index (χ1n) is 3.73. The summed E-state index contributed by atoms with van der Waals surface area (Å²) in [5.74, 6) is -1.53. The van der Waals surface area contributed by atoms with Gasteiger partial charge in [0, 0.05) is 11.6 Å². The molecule has 7 heteroatoms. The van der Waals surface area contributed by atoms with Gasteiger partial charge in [0.15, 0.2) is 0 Å². The van der Waals surface area contributed by atoms with E-state index >= 15 is 0 Å². The molecule has 0 aliphatic heterocycles. The van der Waals surface area contributed by atoms with Crippen molar-refractivity contribution in [2.45, 2.75) is 6.43 Å². The Morgan fingerprint density at radius 2 is 2.07 bits per heavy atom. The second-order valence-electron chi connectivity index (χ2n) is 2.64. The van der Waals surface area contributed by atoms with E-state index in [1.165, 1.54) is 0 Å². The molecule has 0 heterocycles. The Balaban J connectivity index is 3.33. The van der Waals surface area contributed by atoms with Crippen LogP contribution in [0.4, 0.5) is 14.5 Å². The summed E-state index contributed by atoms with van der Waals surface area (Å²) >= 11 is 0. The minimum atomic E-state index is -2.87. The number of nitro benzene ring substituents is 1. The van der Waals surface area contributed by atoms with E-state index in [2.05, 4.69) is 0 Å². The molecule has 0 unspecified atom stereocenters. The third kappa shape index (κ3) is 2.25. The molecule has 5 nitrogen and oxygen atoms in total. The van der Waals surface area contributed by atoms with Gasteiger partial charge in [0.25, 0.3) is 12.1 Å². The zero-order chi connectivity index (χ0) is 11.6. The zero-order valence-electron chi connectivity index (χ0n) is 7.18. The van der Waals surface area contributed by atoms with E-state index in [0.29, 0.717) is 6.07 Å². The van der Waals surface area contributed by atoms with Gasteiger partial charge in [0.2, 0.25) is 0 Å². The normalized spacial score (nSPS) is 10.3. The predicted octanol–water partition coefficient (Wildman–Crippen LogP) is 2.23. The Morgan fingerprint density at radius 1 is 1.47 bits per heavy atom. The van der Waals surface area contributed by atoms with E-state index in [-0.39, 0.29) is 0 Å². The van der Waals surface area contributed by atoms with Gasteiger partial charge in [-0.15, -0.1) is 0 Å². The number of halogens is 2. The largest absolute Gasteiger partial charge is 0.477 e. The monoisotopic (exact) mass is 217 g/mol. The quantitative estimate of drug-likeness (QED) is 0.621. The molecule has 0 aromatic heterocycles. The first-order chi connectivity index (χ1) is 6.93. The minimum absolute atomic E-state index is 0.564. The molecule has 15 heavy (non-hydrogen) atoms. The van der Waals surface area contributed by atoms with Gasteiger partial charge in [-0.05, 0) is 6.07 Å². The molecular formula is C8H5F2NO4. The van der Waals surface area contributed by atoms with Crippen LogP contribution in [0.1, 0.15) is 22.3 Å². The van der Waals surface area contributed by atoms with Gasteiger partial charge < -0.3 is 5.11 Å². The lowest BCUT2D eigenvalue weighted by Gasteiger charge is -2.01. The molecule has 0 fully saturated rings. The molecule has 1 N–H and O–H groups in total. The van der Waals surface area contributed by atoms with E-state index in [1.807, 2.05) is 0 Å². The number of carbonyl (C=O) groups is 1. The van der Waals surface area contributed by atoms with Crippen LogP contribution in [0.2, 0.25) is 0 Å². The molecule has 0 amide bonds. The number of rotatable bonds is 3. The van der Waals surface area contributed by atoms with Crippen molar-refractivity contribution >= 4 is 11.7 Å². The lowest BCUT2D eigenvalue weighted by atomic mass is 10.1. The number of hydrogen-bond acceptors (Lipinski definition) is 3. The van der Waals surface area contributed by atoms with Crippen LogP contribution in [0.25, 0.3) is 0 Å². The van der Waals surface area contributed by atoms with Gasteiger partial charge in [-0.3, -0.25) is 10.1 Å². The summed E-state index contributed by atoms with van der Waals surface area (Å²) in [7, 11) is 0. The predicted molar refractivity (Wildman–Crippen MR) is 45.0 cm³/mol. The number of alkyl halides is 2. The van der Waals surface area contributed by atoms with Gasteiger partial charge in [-0.2, -0.15) is 0 Å². The summed E-state index contributed by atoms with van der Waals surface area (Å²) in [6, 6.07) is 2.21. The van der Waals surface area contributed by atoms with Gasteiger partial charge in [-0.1, -0.05) is 6.07 Å². The smallest absolute Gasteiger partial charge is 0.342 e. The number of nitrogens with zero attached hydrogens (tertiary/aromatic N) is 1. The molecule has 0 radical (unpaired) electrons. The number of hydrogen-bond donors (Lipinski definition) is 1. The van der Waals surface area contributed by atoms with Crippen molar-refractivity contribution in [1.82, 2.24) is 0 Å². The third-order valence-corrected chi connectivity index (χ3v) is 1.70. The number of carboxylic acid groups (broad SMARTS) is 1. The van der Waals surface area contributed by atoms with E-state index in [9.17, 15) is 23.7 Å². The van der Waals surface area contributed by atoms with Gasteiger partial charge in [0.05, 0.1) is 4.92 Å². The minimum Gasteiger partial charge on any atom is -0.477 e. The molecule has 0 aliphatic carbocycles. The molecule has 80 valence electrons. The summed E-state index contributed by atoms with van der Waals surface area (Å²) < 4.78 is 24.3. The van der Waals surface area contributed by atoms with Crippen LogP contribution in [-0.2, 0) is 0 Å². The SMILES string of the molecule is O=C(O)c1ccc(C(F)F)cc1[N+](=O)[O-]. The third-order valence-electron chi connectivity index (χ3n) is 1.70. The fourth-order valence-electron chi connectivity index (χ4n) is 1.02. The first-order valence-corrected chi connectivity index (χ1v) is 3.73. The molecule has 1 aromatic rings. The maximum absolute atomic E-state index is 12.2. The van der Waals surface area contributed by atoms with E-state index in [1.54, 1.807) is 0 Å². The summed E-state index contributed by atoms with van der Waals surface area (Å²) in [5, 5.41) is 19.0. The van der Waals surface area contributed by atoms with Crippen LogP contribution in [0, 0.1) is 10.1 Å².